The van der Waals surface area contributed by atoms with Gasteiger partial charge in [-0.3, -0.25) is 4.52 Å². The molecular weight excluding hydrogens is 613 g/mol. The summed E-state index contributed by atoms with van der Waals surface area (Å²) in [6.45, 7) is 15.7. The number of hydrogen-bond acceptors (Lipinski definition) is 10. The first kappa shape index (κ1) is 36.4. The number of para-hydroxylation sites is 1. The van der Waals surface area contributed by atoms with Crippen LogP contribution in [0.5, 0.6) is 17.2 Å². The van der Waals surface area contributed by atoms with Crippen molar-refractivity contribution in [1.82, 2.24) is 5.32 Å². The number of cyclic esters (lactones) is 1. The minimum Gasteiger partial charge on any atom is -0.496 e. The topological polar surface area (TPSA) is 119 Å². The molecule has 3 rings (SSSR count). The zero-order valence-corrected chi connectivity index (χ0v) is 29.7. The predicted octanol–water partition coefficient (Wildman–Crippen LogP) is 6.71. The fourth-order valence-corrected chi connectivity index (χ4v) is 7.18. The molecule has 0 amide bonds. The Morgan fingerprint density at radius 1 is 1.18 bits per heavy atom. The molecule has 45 heavy (non-hydrogen) atoms. The summed E-state index contributed by atoms with van der Waals surface area (Å²) < 4.78 is 47.7. The summed E-state index contributed by atoms with van der Waals surface area (Å²) >= 11 is 0. The van der Waals surface area contributed by atoms with Crippen LogP contribution in [-0.4, -0.2) is 65.7 Å². The van der Waals surface area contributed by atoms with Crippen LogP contribution in [0.25, 0.3) is 0 Å². The molecular formula is C33H48NO9PSi. The highest BCUT2D eigenvalue weighted by Crippen LogP contribution is 2.49. The van der Waals surface area contributed by atoms with Gasteiger partial charge in [-0.1, -0.05) is 49.5 Å². The largest absolute Gasteiger partial charge is 0.496 e. The van der Waals surface area contributed by atoms with Gasteiger partial charge in [-0.2, -0.15) is 0 Å². The maximum atomic E-state index is 13.7. The molecule has 1 N–H and O–H groups in total. The van der Waals surface area contributed by atoms with Gasteiger partial charge in [0.1, 0.15) is 29.4 Å². The van der Waals surface area contributed by atoms with Gasteiger partial charge in [-0.15, -0.1) is 0 Å². The van der Waals surface area contributed by atoms with Crippen LogP contribution < -0.4 is 19.3 Å². The molecule has 0 saturated carbocycles. The molecule has 1 heterocycles. The van der Waals surface area contributed by atoms with E-state index in [9.17, 15) is 14.2 Å². The molecule has 2 atom stereocenters. The Labute approximate surface area is 268 Å². The number of ether oxygens (including phenoxy) is 4. The molecule has 0 spiro atoms. The van der Waals surface area contributed by atoms with Crippen molar-refractivity contribution in [1.29, 1.82) is 0 Å². The number of allylic oxidation sites excluding steroid dienone is 1. The Morgan fingerprint density at radius 2 is 1.89 bits per heavy atom. The first-order valence-electron chi connectivity index (χ1n) is 15.4. The SMILES string of the molecule is CCOC(=O)[C@H](C)OP(=O)(CCNCC(C)=CCc1c(OC)c(C)c2c(c1OCC[Si](C)(C)C)C(=O)OC2)Oc1ccccc1. The molecule has 2 aromatic carbocycles. The standard InChI is InChI=1S/C33H48NO9PSi/c1-9-39-32(35)25(4)42-44(37,43-26-13-11-10-12-14-26)19-17-34-21-23(2)15-16-27-30(38-5)24(3)28-22-41-33(36)29(28)31(27)40-18-20-45(6,7)8/h10-15,25,34H,9,16-22H2,1-8H3/t25-,44?/m0/s1. The summed E-state index contributed by atoms with van der Waals surface area (Å²) in [6.07, 6.45) is 1.53. The summed E-state index contributed by atoms with van der Waals surface area (Å²) in [6, 6.07) is 9.68. The van der Waals surface area contributed by atoms with E-state index in [-0.39, 0.29) is 25.3 Å². The second-order valence-electron chi connectivity index (χ2n) is 12.2. The summed E-state index contributed by atoms with van der Waals surface area (Å²) in [5.41, 5.74) is 4.01. The lowest BCUT2D eigenvalue weighted by Crippen LogP contribution is -2.26. The Balaban J connectivity index is 1.72. The van der Waals surface area contributed by atoms with E-state index >= 15 is 0 Å². The number of esters is 2. The number of carbonyl (C=O) groups excluding carboxylic acids is 2. The average molecular weight is 662 g/mol. The van der Waals surface area contributed by atoms with Crippen LogP contribution in [0.2, 0.25) is 25.7 Å². The highest BCUT2D eigenvalue weighted by molar-refractivity contribution is 7.54. The van der Waals surface area contributed by atoms with Crippen LogP contribution in [0.3, 0.4) is 0 Å². The van der Waals surface area contributed by atoms with Crippen molar-refractivity contribution >= 4 is 27.6 Å². The maximum absolute atomic E-state index is 13.7. The maximum Gasteiger partial charge on any atom is 0.381 e. The van der Waals surface area contributed by atoms with E-state index in [1.165, 1.54) is 6.92 Å². The third kappa shape index (κ3) is 10.5. The third-order valence-electron chi connectivity index (χ3n) is 7.27. The molecule has 10 nitrogen and oxygen atoms in total. The van der Waals surface area contributed by atoms with Gasteiger partial charge in [-0.05, 0) is 57.9 Å². The van der Waals surface area contributed by atoms with E-state index in [1.807, 2.05) is 19.9 Å². The van der Waals surface area contributed by atoms with Gasteiger partial charge in [0.05, 0.1) is 26.5 Å². The second kappa shape index (κ2) is 16.4. The van der Waals surface area contributed by atoms with Gasteiger partial charge in [-0.25, -0.2) is 14.2 Å². The van der Waals surface area contributed by atoms with Crippen LogP contribution >= 0.6 is 7.60 Å². The van der Waals surface area contributed by atoms with Crippen LogP contribution in [0.4, 0.5) is 0 Å². The summed E-state index contributed by atoms with van der Waals surface area (Å²) in [4.78, 5) is 24.9. The van der Waals surface area contributed by atoms with Gasteiger partial charge in [0.25, 0.3) is 0 Å². The minimum absolute atomic E-state index is 0.0357. The molecule has 0 saturated heterocycles. The van der Waals surface area contributed by atoms with Crippen LogP contribution in [0.15, 0.2) is 42.0 Å². The number of fused-ring (bicyclic) bond motifs is 1. The van der Waals surface area contributed by atoms with Crippen LogP contribution in [-0.2, 0) is 36.4 Å². The van der Waals surface area contributed by atoms with E-state index in [0.717, 1.165) is 28.3 Å². The molecule has 248 valence electrons. The normalized spacial score (nSPS) is 15.1. The zero-order chi connectivity index (χ0) is 33.2. The minimum atomic E-state index is -3.71. The van der Waals surface area contributed by atoms with Crippen LogP contribution in [0.1, 0.15) is 47.8 Å². The highest BCUT2D eigenvalue weighted by atomic mass is 31.2. The highest BCUT2D eigenvalue weighted by Gasteiger charge is 2.34. The van der Waals surface area contributed by atoms with Gasteiger partial charge >= 0.3 is 19.5 Å². The van der Waals surface area contributed by atoms with Crippen molar-refractivity contribution in [2.24, 2.45) is 0 Å². The van der Waals surface area contributed by atoms with E-state index in [2.05, 4.69) is 31.0 Å². The fraction of sp³-hybridized carbons (Fsp3) is 0.515. The smallest absolute Gasteiger partial charge is 0.381 e. The molecule has 0 bridgehead atoms. The molecule has 1 aliphatic rings. The Morgan fingerprint density at radius 3 is 2.53 bits per heavy atom. The first-order chi connectivity index (χ1) is 21.3. The molecule has 1 unspecified atom stereocenters. The van der Waals surface area contributed by atoms with E-state index in [0.29, 0.717) is 48.9 Å². The summed E-state index contributed by atoms with van der Waals surface area (Å²) in [5, 5.41) is 3.30. The zero-order valence-electron chi connectivity index (χ0n) is 27.8. The molecule has 2 aromatic rings. The molecule has 0 radical (unpaired) electrons. The lowest BCUT2D eigenvalue weighted by atomic mass is 9.95. The monoisotopic (exact) mass is 661 g/mol. The van der Waals surface area contributed by atoms with Crippen molar-refractivity contribution in [3.8, 4) is 17.2 Å². The number of benzene rings is 2. The van der Waals surface area contributed by atoms with Crippen molar-refractivity contribution < 1.29 is 42.1 Å². The van der Waals surface area contributed by atoms with Gasteiger partial charge < -0.3 is 28.8 Å². The fourth-order valence-electron chi connectivity index (χ4n) is 4.78. The third-order valence-corrected chi connectivity index (χ3v) is 10.9. The van der Waals surface area contributed by atoms with E-state index in [1.54, 1.807) is 38.3 Å². The van der Waals surface area contributed by atoms with Gasteiger partial charge in [0.2, 0.25) is 0 Å². The van der Waals surface area contributed by atoms with Crippen molar-refractivity contribution in [3.63, 3.8) is 0 Å². The number of methoxy groups -OCH3 is 1. The molecule has 12 heteroatoms. The molecule has 1 aliphatic heterocycles. The van der Waals surface area contributed by atoms with Crippen molar-refractivity contribution in [2.75, 3.05) is 39.6 Å². The number of carbonyl (C=O) groups is 2. The lowest BCUT2D eigenvalue weighted by molar-refractivity contribution is -0.150. The quantitative estimate of drug-likeness (QED) is 0.0607. The van der Waals surface area contributed by atoms with E-state index in [4.69, 9.17) is 28.0 Å². The second-order valence-corrected chi connectivity index (χ2v) is 19.9. The predicted molar refractivity (Wildman–Crippen MR) is 178 cm³/mol. The van der Waals surface area contributed by atoms with Crippen molar-refractivity contribution in [2.45, 2.75) is 72.5 Å². The Kier molecular flexibility index (Phi) is 13.3. The number of nitrogens with one attached hydrogen (secondary N) is 1. The molecule has 0 aromatic heterocycles. The molecule has 0 fully saturated rings. The van der Waals surface area contributed by atoms with Crippen LogP contribution in [0, 0.1) is 6.92 Å². The first-order valence-corrected chi connectivity index (χ1v) is 20.8. The average Bonchev–Trinajstić information content (AvgIpc) is 3.37. The Hall–Kier alpha value is -3.11. The number of rotatable bonds is 18. The summed E-state index contributed by atoms with van der Waals surface area (Å²) in [5.74, 6) is 0.647. The van der Waals surface area contributed by atoms with Gasteiger partial charge in [0, 0.05) is 32.3 Å². The van der Waals surface area contributed by atoms with Gasteiger partial charge in [0.15, 0.2) is 6.10 Å². The Bertz CT molecular complexity index is 1410. The lowest BCUT2D eigenvalue weighted by Gasteiger charge is -2.22. The molecule has 0 aliphatic carbocycles. The van der Waals surface area contributed by atoms with Crippen molar-refractivity contribution in [3.05, 3.63) is 64.2 Å². The van der Waals surface area contributed by atoms with E-state index < -0.39 is 27.7 Å². The summed E-state index contributed by atoms with van der Waals surface area (Å²) in [7, 11) is -3.46. The number of hydrogen-bond donors (Lipinski definition) is 1.